The van der Waals surface area contributed by atoms with Gasteiger partial charge in [0.1, 0.15) is 6.54 Å². The van der Waals surface area contributed by atoms with Gasteiger partial charge in [-0.3, -0.25) is 4.79 Å². The highest BCUT2D eigenvalue weighted by molar-refractivity contribution is 7.89. The number of carbonyl (C=O) groups excluding carboxylic acids is 1. The monoisotopic (exact) mass is 404 g/mol. The number of likely N-dealkylation sites (tertiary alicyclic amines) is 1. The van der Waals surface area contributed by atoms with Crippen molar-refractivity contribution in [1.29, 1.82) is 0 Å². The second-order valence-corrected chi connectivity index (χ2v) is 9.08. The summed E-state index contributed by atoms with van der Waals surface area (Å²) in [5.41, 5.74) is 0.180. The van der Waals surface area contributed by atoms with E-state index in [-0.39, 0.29) is 16.4 Å². The summed E-state index contributed by atoms with van der Waals surface area (Å²) in [5.74, 6) is 0.866. The van der Waals surface area contributed by atoms with Crippen molar-refractivity contribution in [3.63, 3.8) is 0 Å². The van der Waals surface area contributed by atoms with Crippen LogP contribution in [0.15, 0.2) is 29.2 Å². The lowest BCUT2D eigenvalue weighted by Gasteiger charge is -2.41. The first kappa shape index (κ1) is 20.1. The van der Waals surface area contributed by atoms with E-state index < -0.39 is 22.7 Å². The second-order valence-electron chi connectivity index (χ2n) is 7.31. The van der Waals surface area contributed by atoms with E-state index >= 15 is 0 Å². The van der Waals surface area contributed by atoms with Crippen LogP contribution in [-0.4, -0.2) is 45.0 Å². The second kappa shape index (κ2) is 7.79. The van der Waals surface area contributed by atoms with Crippen LogP contribution in [0.1, 0.15) is 42.5 Å². The summed E-state index contributed by atoms with van der Waals surface area (Å²) in [6.07, 6.45) is 1.00. The quantitative estimate of drug-likeness (QED) is 0.838. The molecule has 1 amide bonds. The highest BCUT2D eigenvalue weighted by Gasteiger charge is 2.34. The van der Waals surface area contributed by atoms with Crippen LogP contribution >= 0.6 is 0 Å². The van der Waals surface area contributed by atoms with Crippen molar-refractivity contribution >= 4 is 15.9 Å². The summed E-state index contributed by atoms with van der Waals surface area (Å²) in [6, 6.07) is 5.21. The Balaban J connectivity index is 1.72. The standard InChI is InChI=1S/C18H23F3N2O3S/c19-18(20,21)12-22-27(25,26)16-7-3-6-14(10-16)17(24)23-9-8-13-4-1-2-5-15(13)11-23/h3,6-7,10,13,15,22H,1-2,4-5,8-9,11-12H2/t13-,15+/m1/s1. The molecule has 27 heavy (non-hydrogen) atoms. The average molecular weight is 404 g/mol. The van der Waals surface area contributed by atoms with Crippen LogP contribution in [0.3, 0.4) is 0 Å². The van der Waals surface area contributed by atoms with E-state index in [4.69, 9.17) is 0 Å². The Morgan fingerprint density at radius 2 is 1.85 bits per heavy atom. The minimum absolute atomic E-state index is 0.180. The van der Waals surface area contributed by atoms with Crippen molar-refractivity contribution < 1.29 is 26.4 Å². The van der Waals surface area contributed by atoms with Gasteiger partial charge >= 0.3 is 6.18 Å². The molecule has 0 radical (unpaired) electrons. The molecular formula is C18H23F3N2O3S. The van der Waals surface area contributed by atoms with E-state index in [1.165, 1.54) is 42.2 Å². The minimum atomic E-state index is -4.65. The molecule has 1 aromatic rings. The van der Waals surface area contributed by atoms with E-state index in [9.17, 15) is 26.4 Å². The number of nitrogens with zero attached hydrogens (tertiary/aromatic N) is 1. The largest absolute Gasteiger partial charge is 0.402 e. The number of carbonyl (C=O) groups is 1. The molecule has 0 unspecified atom stereocenters. The molecule has 0 spiro atoms. The maximum absolute atomic E-state index is 12.8. The molecule has 3 rings (SSSR count). The predicted octanol–water partition coefficient (Wildman–Crippen LogP) is 3.18. The molecule has 1 heterocycles. The number of piperidine rings is 1. The number of benzene rings is 1. The fraction of sp³-hybridized carbons (Fsp3) is 0.611. The Kier molecular flexibility index (Phi) is 5.81. The molecule has 1 saturated carbocycles. The number of fused-ring (bicyclic) bond motifs is 1. The SMILES string of the molecule is O=C(c1cccc(S(=O)(=O)NCC(F)(F)F)c1)N1CC[C@H]2CCCC[C@H]2C1. The minimum Gasteiger partial charge on any atom is -0.338 e. The molecule has 5 nitrogen and oxygen atoms in total. The fourth-order valence-corrected chi connectivity index (χ4v) is 5.08. The number of hydrogen-bond acceptors (Lipinski definition) is 3. The first-order valence-corrected chi connectivity index (χ1v) is 10.6. The van der Waals surface area contributed by atoms with Gasteiger partial charge in [0.2, 0.25) is 10.0 Å². The maximum Gasteiger partial charge on any atom is 0.402 e. The van der Waals surface area contributed by atoms with Crippen molar-refractivity contribution in [2.45, 2.75) is 43.2 Å². The summed E-state index contributed by atoms with van der Waals surface area (Å²) in [5, 5.41) is 0. The first-order valence-electron chi connectivity index (χ1n) is 9.11. The zero-order valence-electron chi connectivity index (χ0n) is 14.8. The fourth-order valence-electron chi connectivity index (χ4n) is 4.02. The van der Waals surface area contributed by atoms with Gasteiger partial charge in [0.25, 0.3) is 5.91 Å². The third-order valence-corrected chi connectivity index (χ3v) is 6.83. The molecule has 1 saturated heterocycles. The molecule has 150 valence electrons. The summed E-state index contributed by atoms with van der Waals surface area (Å²) < 4.78 is 62.6. The molecule has 1 N–H and O–H groups in total. The van der Waals surface area contributed by atoms with Gasteiger partial charge in [0, 0.05) is 18.7 Å². The molecule has 0 aromatic heterocycles. The van der Waals surface area contributed by atoms with Crippen molar-refractivity contribution in [3.8, 4) is 0 Å². The number of halogens is 3. The maximum atomic E-state index is 12.8. The molecule has 0 bridgehead atoms. The summed E-state index contributed by atoms with van der Waals surface area (Å²) in [4.78, 5) is 14.2. The van der Waals surface area contributed by atoms with Gasteiger partial charge in [-0.2, -0.15) is 13.2 Å². The summed E-state index contributed by atoms with van der Waals surface area (Å²) in [6.45, 7) is -0.362. The van der Waals surface area contributed by atoms with Gasteiger partial charge in [-0.25, -0.2) is 13.1 Å². The van der Waals surface area contributed by atoms with Gasteiger partial charge in [-0.05, 0) is 42.9 Å². The highest BCUT2D eigenvalue weighted by Crippen LogP contribution is 2.36. The highest BCUT2D eigenvalue weighted by atomic mass is 32.2. The van der Waals surface area contributed by atoms with Crippen LogP contribution < -0.4 is 4.72 Å². The smallest absolute Gasteiger partial charge is 0.338 e. The van der Waals surface area contributed by atoms with Crippen molar-refractivity contribution in [2.24, 2.45) is 11.8 Å². The molecule has 1 aromatic carbocycles. The number of hydrogen-bond donors (Lipinski definition) is 1. The number of alkyl halides is 3. The predicted molar refractivity (Wildman–Crippen MR) is 93.7 cm³/mol. The lowest BCUT2D eigenvalue weighted by atomic mass is 9.75. The summed E-state index contributed by atoms with van der Waals surface area (Å²) in [7, 11) is -4.34. The third kappa shape index (κ3) is 5.01. The molecular weight excluding hydrogens is 381 g/mol. The summed E-state index contributed by atoms with van der Waals surface area (Å²) >= 11 is 0. The average Bonchev–Trinajstić information content (AvgIpc) is 2.65. The van der Waals surface area contributed by atoms with E-state index in [0.29, 0.717) is 24.9 Å². The topological polar surface area (TPSA) is 66.5 Å². The van der Waals surface area contributed by atoms with Crippen LogP contribution in [0.25, 0.3) is 0 Å². The van der Waals surface area contributed by atoms with Crippen LogP contribution in [0, 0.1) is 11.8 Å². The zero-order chi connectivity index (χ0) is 19.7. The van der Waals surface area contributed by atoms with Gasteiger partial charge in [0.05, 0.1) is 4.90 Å². The van der Waals surface area contributed by atoms with E-state index in [0.717, 1.165) is 18.9 Å². The Bertz CT molecular complexity index is 795. The Morgan fingerprint density at radius 3 is 2.56 bits per heavy atom. The van der Waals surface area contributed by atoms with Gasteiger partial charge in [-0.15, -0.1) is 0 Å². The van der Waals surface area contributed by atoms with Crippen LogP contribution in [0.5, 0.6) is 0 Å². The molecule has 2 atom stereocenters. The molecule has 1 aliphatic heterocycles. The van der Waals surface area contributed by atoms with Crippen molar-refractivity contribution in [3.05, 3.63) is 29.8 Å². The lowest BCUT2D eigenvalue weighted by Crippen LogP contribution is -2.44. The number of sulfonamides is 1. The molecule has 2 fully saturated rings. The Labute approximate surface area is 157 Å². The van der Waals surface area contributed by atoms with Crippen molar-refractivity contribution in [1.82, 2.24) is 9.62 Å². The molecule has 2 aliphatic rings. The first-order chi connectivity index (χ1) is 12.7. The number of amides is 1. The van der Waals surface area contributed by atoms with E-state index in [1.807, 2.05) is 0 Å². The lowest BCUT2D eigenvalue weighted by molar-refractivity contribution is -0.121. The van der Waals surface area contributed by atoms with Crippen LogP contribution in [-0.2, 0) is 10.0 Å². The van der Waals surface area contributed by atoms with Crippen LogP contribution in [0.2, 0.25) is 0 Å². The third-order valence-electron chi connectivity index (χ3n) is 5.43. The number of nitrogens with one attached hydrogen (secondary N) is 1. The van der Waals surface area contributed by atoms with E-state index in [2.05, 4.69) is 0 Å². The number of rotatable bonds is 4. The van der Waals surface area contributed by atoms with Gasteiger partial charge in [-0.1, -0.05) is 25.3 Å². The van der Waals surface area contributed by atoms with Gasteiger partial charge < -0.3 is 4.90 Å². The zero-order valence-corrected chi connectivity index (χ0v) is 15.7. The van der Waals surface area contributed by atoms with E-state index in [1.54, 1.807) is 4.90 Å². The molecule has 9 heteroatoms. The van der Waals surface area contributed by atoms with Gasteiger partial charge in [0.15, 0.2) is 0 Å². The normalized spacial score (nSPS) is 23.7. The Morgan fingerprint density at radius 1 is 1.15 bits per heavy atom. The van der Waals surface area contributed by atoms with Crippen LogP contribution in [0.4, 0.5) is 13.2 Å². The Hall–Kier alpha value is -1.61. The molecule has 1 aliphatic carbocycles. The van der Waals surface area contributed by atoms with Crippen molar-refractivity contribution in [2.75, 3.05) is 19.6 Å².